The summed E-state index contributed by atoms with van der Waals surface area (Å²) in [6, 6.07) is 5.29. The number of nitro benzene ring substituents is 1. The molecule has 5 nitrogen and oxygen atoms in total. The molecule has 76 valence electrons. The predicted molar refractivity (Wildman–Crippen MR) is 56.2 cm³/mol. The van der Waals surface area contributed by atoms with Crippen molar-refractivity contribution < 1.29 is 4.92 Å². The Morgan fingerprint density at radius 2 is 2.07 bits per heavy atom. The van der Waals surface area contributed by atoms with Gasteiger partial charge in [0.2, 0.25) is 5.56 Å². The molecule has 0 aliphatic rings. The summed E-state index contributed by atoms with van der Waals surface area (Å²) in [6.07, 6.45) is 0. The summed E-state index contributed by atoms with van der Waals surface area (Å²) in [4.78, 5) is 23.6. The summed E-state index contributed by atoms with van der Waals surface area (Å²) in [6.45, 7) is 0. The first-order valence-electron chi connectivity index (χ1n) is 4.05. The second-order valence-electron chi connectivity index (χ2n) is 2.97. The van der Waals surface area contributed by atoms with Gasteiger partial charge in [-0.2, -0.15) is 0 Å². The summed E-state index contributed by atoms with van der Waals surface area (Å²) in [5, 5.41) is 11.2. The maximum absolute atomic E-state index is 11.0. The number of nitrogens with one attached hydrogen (secondary N) is 1. The highest BCUT2D eigenvalue weighted by molar-refractivity contribution is 6.35. The zero-order valence-corrected chi connectivity index (χ0v) is 8.12. The second-order valence-corrected chi connectivity index (χ2v) is 3.38. The van der Waals surface area contributed by atoms with E-state index in [1.165, 1.54) is 24.3 Å². The van der Waals surface area contributed by atoms with Gasteiger partial charge in [-0.1, -0.05) is 11.6 Å². The summed E-state index contributed by atoms with van der Waals surface area (Å²) in [5.41, 5.74) is 0.0934. The Kier molecular flexibility index (Phi) is 2.17. The number of hydrogen-bond acceptors (Lipinski definition) is 3. The van der Waals surface area contributed by atoms with E-state index in [4.69, 9.17) is 11.6 Å². The molecular formula is C9H5ClN2O3. The van der Waals surface area contributed by atoms with Crippen molar-refractivity contribution in [2.75, 3.05) is 0 Å². The topological polar surface area (TPSA) is 76.0 Å². The fourth-order valence-corrected chi connectivity index (χ4v) is 1.57. The number of aromatic amines is 1. The fraction of sp³-hybridized carbons (Fsp3) is 0. The Morgan fingerprint density at radius 3 is 2.73 bits per heavy atom. The lowest BCUT2D eigenvalue weighted by Crippen LogP contribution is -2.03. The van der Waals surface area contributed by atoms with Gasteiger partial charge < -0.3 is 4.98 Å². The molecule has 1 N–H and O–H groups in total. The lowest BCUT2D eigenvalue weighted by atomic mass is 10.2. The number of nitro groups is 1. The smallest absolute Gasteiger partial charge is 0.270 e. The van der Waals surface area contributed by atoms with Gasteiger partial charge in [-0.05, 0) is 6.07 Å². The number of rotatable bonds is 1. The number of non-ortho nitro benzene ring substituents is 1. The molecular weight excluding hydrogens is 220 g/mol. The van der Waals surface area contributed by atoms with Crippen LogP contribution in [0.4, 0.5) is 5.69 Å². The molecule has 0 amide bonds. The molecule has 0 saturated heterocycles. The second kappa shape index (κ2) is 3.36. The van der Waals surface area contributed by atoms with Crippen molar-refractivity contribution in [3.8, 4) is 0 Å². The van der Waals surface area contributed by atoms with Crippen molar-refractivity contribution in [2.24, 2.45) is 0 Å². The molecule has 0 bridgehead atoms. The third kappa shape index (κ3) is 1.69. The Hall–Kier alpha value is -1.88. The molecule has 2 rings (SSSR count). The maximum Gasteiger partial charge on any atom is 0.270 e. The largest absolute Gasteiger partial charge is 0.322 e. The van der Waals surface area contributed by atoms with Gasteiger partial charge in [-0.15, -0.1) is 0 Å². The van der Waals surface area contributed by atoms with Gasteiger partial charge in [-0.3, -0.25) is 14.9 Å². The third-order valence-electron chi connectivity index (χ3n) is 1.99. The van der Waals surface area contributed by atoms with Crippen molar-refractivity contribution in [1.29, 1.82) is 0 Å². The lowest BCUT2D eigenvalue weighted by molar-refractivity contribution is -0.384. The number of fused-ring (bicyclic) bond motifs is 1. The Labute approximate surface area is 88.5 Å². The molecule has 15 heavy (non-hydrogen) atoms. The maximum atomic E-state index is 11.0. The zero-order valence-electron chi connectivity index (χ0n) is 7.36. The number of pyridine rings is 1. The zero-order chi connectivity index (χ0) is 11.0. The van der Waals surface area contributed by atoms with E-state index in [1.807, 2.05) is 0 Å². The van der Waals surface area contributed by atoms with E-state index in [1.54, 1.807) is 0 Å². The van der Waals surface area contributed by atoms with Gasteiger partial charge in [0.05, 0.1) is 15.5 Å². The van der Waals surface area contributed by atoms with E-state index in [9.17, 15) is 14.9 Å². The van der Waals surface area contributed by atoms with Crippen LogP contribution in [0, 0.1) is 10.1 Å². The van der Waals surface area contributed by atoms with Crippen LogP contribution < -0.4 is 5.56 Å². The minimum Gasteiger partial charge on any atom is -0.322 e. The van der Waals surface area contributed by atoms with Gasteiger partial charge in [-0.25, -0.2) is 0 Å². The van der Waals surface area contributed by atoms with E-state index in [2.05, 4.69) is 4.98 Å². The third-order valence-corrected chi connectivity index (χ3v) is 2.30. The van der Waals surface area contributed by atoms with Crippen LogP contribution in [0.25, 0.3) is 10.9 Å². The van der Waals surface area contributed by atoms with Crippen LogP contribution >= 0.6 is 11.6 Å². The molecule has 1 aromatic heterocycles. The molecule has 0 fully saturated rings. The SMILES string of the molecule is O=c1cc(Cl)c2cc([N+](=O)[O-])ccc2[nH]1. The average molecular weight is 225 g/mol. The number of hydrogen-bond donors (Lipinski definition) is 1. The molecule has 1 aromatic carbocycles. The molecule has 0 unspecified atom stereocenters. The summed E-state index contributed by atoms with van der Waals surface area (Å²) in [7, 11) is 0. The van der Waals surface area contributed by atoms with E-state index in [0.29, 0.717) is 10.9 Å². The van der Waals surface area contributed by atoms with Gasteiger partial charge in [0.1, 0.15) is 0 Å². The summed E-state index contributed by atoms with van der Waals surface area (Å²) >= 11 is 5.80. The van der Waals surface area contributed by atoms with Crippen LogP contribution in [0.3, 0.4) is 0 Å². The van der Waals surface area contributed by atoms with Crippen LogP contribution in [0.5, 0.6) is 0 Å². The first-order chi connectivity index (χ1) is 7.08. The van der Waals surface area contributed by atoms with Gasteiger partial charge in [0.15, 0.2) is 0 Å². The fourth-order valence-electron chi connectivity index (χ4n) is 1.31. The molecule has 0 atom stereocenters. The normalized spacial score (nSPS) is 10.5. The molecule has 0 spiro atoms. The average Bonchev–Trinajstić information content (AvgIpc) is 2.16. The van der Waals surface area contributed by atoms with Gasteiger partial charge in [0.25, 0.3) is 5.69 Å². The Balaban J connectivity index is 2.82. The standard InChI is InChI=1S/C9H5ClN2O3/c10-7-4-9(13)11-8-2-1-5(12(14)15)3-6(7)8/h1-4H,(H,11,13). The predicted octanol–water partition coefficient (Wildman–Crippen LogP) is 2.09. The Bertz CT molecular complexity index is 606. The lowest BCUT2D eigenvalue weighted by Gasteiger charge is -1.99. The minimum absolute atomic E-state index is 0.0588. The number of halogens is 1. The highest BCUT2D eigenvalue weighted by Gasteiger charge is 2.08. The first kappa shape index (κ1) is 9.67. The van der Waals surface area contributed by atoms with Crippen LogP contribution in [0.15, 0.2) is 29.1 Å². The first-order valence-corrected chi connectivity index (χ1v) is 4.43. The highest BCUT2D eigenvalue weighted by Crippen LogP contribution is 2.24. The number of aromatic nitrogens is 1. The van der Waals surface area contributed by atoms with Crippen LogP contribution in [-0.4, -0.2) is 9.91 Å². The molecule has 0 radical (unpaired) electrons. The number of H-pyrrole nitrogens is 1. The van der Waals surface area contributed by atoms with Gasteiger partial charge >= 0.3 is 0 Å². The van der Waals surface area contributed by atoms with E-state index in [0.717, 1.165) is 0 Å². The molecule has 2 aromatic rings. The molecule has 0 aliphatic carbocycles. The summed E-state index contributed by atoms with van der Waals surface area (Å²) in [5.74, 6) is 0. The van der Waals surface area contributed by atoms with Crippen molar-refractivity contribution in [3.63, 3.8) is 0 Å². The molecule has 0 aliphatic heterocycles. The highest BCUT2D eigenvalue weighted by atomic mass is 35.5. The van der Waals surface area contributed by atoms with Crippen molar-refractivity contribution in [3.05, 3.63) is 49.8 Å². The van der Waals surface area contributed by atoms with Crippen molar-refractivity contribution in [2.45, 2.75) is 0 Å². The van der Waals surface area contributed by atoms with Crippen molar-refractivity contribution >= 4 is 28.2 Å². The van der Waals surface area contributed by atoms with Crippen molar-refractivity contribution in [1.82, 2.24) is 4.98 Å². The van der Waals surface area contributed by atoms with Gasteiger partial charge in [0, 0.05) is 23.6 Å². The number of nitrogens with zero attached hydrogens (tertiary/aromatic N) is 1. The number of benzene rings is 1. The van der Waals surface area contributed by atoms with Crippen LogP contribution in [0.1, 0.15) is 0 Å². The quantitative estimate of drug-likeness (QED) is 0.595. The molecule has 1 heterocycles. The van der Waals surface area contributed by atoms with E-state index < -0.39 is 4.92 Å². The summed E-state index contributed by atoms with van der Waals surface area (Å²) < 4.78 is 0. The molecule has 0 saturated carbocycles. The monoisotopic (exact) mass is 224 g/mol. The minimum atomic E-state index is -0.513. The van der Waals surface area contributed by atoms with E-state index in [-0.39, 0.29) is 16.3 Å². The van der Waals surface area contributed by atoms with Crippen LogP contribution in [-0.2, 0) is 0 Å². The van der Waals surface area contributed by atoms with E-state index >= 15 is 0 Å². The molecule has 6 heteroatoms. The van der Waals surface area contributed by atoms with Crippen LogP contribution in [0.2, 0.25) is 5.02 Å². The Morgan fingerprint density at radius 1 is 1.33 bits per heavy atom.